The first-order valence-corrected chi connectivity index (χ1v) is 15.1. The Labute approximate surface area is 240 Å². The molecule has 0 saturated carbocycles. The molecular weight excluding hydrogens is 523 g/mol. The van der Waals surface area contributed by atoms with Gasteiger partial charge in [-0.3, -0.25) is 0 Å². The molecule has 0 fully saturated rings. The van der Waals surface area contributed by atoms with Gasteiger partial charge in [0.15, 0.2) is 0 Å². The Morgan fingerprint density at radius 1 is 0.390 bits per heavy atom. The highest BCUT2D eigenvalue weighted by Crippen LogP contribution is 2.50. The Bertz CT molecular complexity index is 1680. The van der Waals surface area contributed by atoms with Crippen molar-refractivity contribution in [3.8, 4) is 34.5 Å². The zero-order valence-corrected chi connectivity index (χ0v) is 23.0. The molecule has 0 amide bonds. The number of para-hydroxylation sites is 6. The van der Waals surface area contributed by atoms with E-state index >= 15 is 0 Å². The fourth-order valence-electron chi connectivity index (χ4n) is 5.87. The summed E-state index contributed by atoms with van der Waals surface area (Å²) in [6.45, 7) is 0. The smallest absolute Gasteiger partial charge is 0.135 e. The number of hydrogen-bond acceptors (Lipinski definition) is 3. The summed E-state index contributed by atoms with van der Waals surface area (Å²) in [7, 11) is -0.894. The first kappa shape index (κ1) is 24.0. The molecule has 41 heavy (non-hydrogen) atoms. The summed E-state index contributed by atoms with van der Waals surface area (Å²) in [5.41, 5.74) is 3.37. The Balaban J connectivity index is 1.27. The molecule has 3 nitrogen and oxygen atoms in total. The SMILES string of the molecule is c1ccc2c(c1)Oc1ccccc1C2c1ccccc1Oc1ccccc1P1c2ccccc2Oc2ccccc21. The zero-order valence-electron chi connectivity index (χ0n) is 22.1. The summed E-state index contributed by atoms with van der Waals surface area (Å²) >= 11 is 0. The van der Waals surface area contributed by atoms with Crippen molar-refractivity contribution in [3.63, 3.8) is 0 Å². The molecule has 0 spiro atoms. The van der Waals surface area contributed by atoms with E-state index in [4.69, 9.17) is 14.2 Å². The van der Waals surface area contributed by atoms with Gasteiger partial charge in [0.1, 0.15) is 34.5 Å². The minimum Gasteiger partial charge on any atom is -0.457 e. The van der Waals surface area contributed by atoms with Crippen LogP contribution in [0.15, 0.2) is 146 Å². The third kappa shape index (κ3) is 4.09. The summed E-state index contributed by atoms with van der Waals surface area (Å²) in [6, 6.07) is 50.1. The first-order chi connectivity index (χ1) is 20.3. The van der Waals surface area contributed by atoms with Gasteiger partial charge in [-0.2, -0.15) is 0 Å². The van der Waals surface area contributed by atoms with E-state index in [1.807, 2.05) is 48.5 Å². The molecule has 4 heteroatoms. The molecule has 0 saturated heterocycles. The Hall–Kier alpha value is -4.85. The first-order valence-electron chi connectivity index (χ1n) is 13.7. The van der Waals surface area contributed by atoms with E-state index in [0.717, 1.165) is 56.5 Å². The van der Waals surface area contributed by atoms with Crippen molar-refractivity contribution in [2.45, 2.75) is 5.92 Å². The molecular formula is C37H25O3P. The van der Waals surface area contributed by atoms with Gasteiger partial charge in [0.25, 0.3) is 0 Å². The normalized spacial score (nSPS) is 13.6. The van der Waals surface area contributed by atoms with Gasteiger partial charge in [0, 0.05) is 38.5 Å². The van der Waals surface area contributed by atoms with Gasteiger partial charge < -0.3 is 14.2 Å². The number of benzene rings is 6. The van der Waals surface area contributed by atoms with E-state index in [-0.39, 0.29) is 5.92 Å². The molecule has 0 aliphatic carbocycles. The molecule has 2 heterocycles. The highest BCUT2D eigenvalue weighted by Gasteiger charge is 2.32. The summed E-state index contributed by atoms with van der Waals surface area (Å²) in [5, 5.41) is 3.55. The van der Waals surface area contributed by atoms with Crippen LogP contribution in [0.3, 0.4) is 0 Å². The van der Waals surface area contributed by atoms with Crippen LogP contribution in [0.5, 0.6) is 34.5 Å². The van der Waals surface area contributed by atoms with E-state index in [9.17, 15) is 0 Å². The van der Waals surface area contributed by atoms with Crippen LogP contribution in [0.1, 0.15) is 22.6 Å². The largest absolute Gasteiger partial charge is 0.457 e. The van der Waals surface area contributed by atoms with Crippen molar-refractivity contribution in [2.24, 2.45) is 0 Å². The number of fused-ring (bicyclic) bond motifs is 4. The molecule has 6 aromatic carbocycles. The lowest BCUT2D eigenvalue weighted by Crippen LogP contribution is -2.27. The van der Waals surface area contributed by atoms with Crippen LogP contribution in [-0.2, 0) is 0 Å². The Kier molecular flexibility index (Phi) is 5.83. The Morgan fingerprint density at radius 3 is 1.41 bits per heavy atom. The second kappa shape index (κ2) is 9.96. The maximum absolute atomic E-state index is 6.94. The lowest BCUT2D eigenvalue weighted by atomic mass is 9.82. The minimum absolute atomic E-state index is 0.0187. The molecule has 2 aliphatic rings. The number of hydrogen-bond donors (Lipinski definition) is 0. The lowest BCUT2D eigenvalue weighted by Gasteiger charge is -2.31. The predicted molar refractivity (Wildman–Crippen MR) is 166 cm³/mol. The third-order valence-electron chi connectivity index (χ3n) is 7.67. The van der Waals surface area contributed by atoms with Gasteiger partial charge in [-0.05, 0) is 44.3 Å². The van der Waals surface area contributed by atoms with Crippen molar-refractivity contribution in [3.05, 3.63) is 162 Å². The monoisotopic (exact) mass is 548 g/mol. The summed E-state index contributed by atoms with van der Waals surface area (Å²) in [4.78, 5) is 0. The summed E-state index contributed by atoms with van der Waals surface area (Å²) < 4.78 is 19.6. The van der Waals surface area contributed by atoms with Gasteiger partial charge in [0.2, 0.25) is 0 Å². The van der Waals surface area contributed by atoms with Crippen LogP contribution in [-0.4, -0.2) is 0 Å². The predicted octanol–water partition coefficient (Wildman–Crippen LogP) is 8.63. The van der Waals surface area contributed by atoms with Gasteiger partial charge in [-0.1, -0.05) is 109 Å². The molecule has 6 aromatic rings. The van der Waals surface area contributed by atoms with Gasteiger partial charge in [-0.25, -0.2) is 0 Å². The van der Waals surface area contributed by atoms with Gasteiger partial charge in [-0.15, -0.1) is 0 Å². The molecule has 2 aliphatic heterocycles. The summed E-state index contributed by atoms with van der Waals surface area (Å²) in [5.74, 6) is 5.24. The zero-order chi connectivity index (χ0) is 27.2. The van der Waals surface area contributed by atoms with Gasteiger partial charge >= 0.3 is 0 Å². The number of ether oxygens (including phenoxy) is 3. The van der Waals surface area contributed by atoms with Crippen LogP contribution in [0, 0.1) is 0 Å². The fourth-order valence-corrected chi connectivity index (χ4v) is 8.37. The van der Waals surface area contributed by atoms with Crippen molar-refractivity contribution < 1.29 is 14.2 Å². The molecule has 0 bridgehead atoms. The molecule has 196 valence electrons. The highest BCUT2D eigenvalue weighted by molar-refractivity contribution is 7.80. The van der Waals surface area contributed by atoms with E-state index < -0.39 is 7.92 Å². The van der Waals surface area contributed by atoms with E-state index in [1.165, 1.54) is 10.6 Å². The molecule has 8 rings (SSSR count). The lowest BCUT2D eigenvalue weighted by molar-refractivity contribution is 0.446. The van der Waals surface area contributed by atoms with Crippen molar-refractivity contribution in [1.82, 2.24) is 0 Å². The van der Waals surface area contributed by atoms with Crippen molar-refractivity contribution in [1.29, 1.82) is 0 Å². The maximum Gasteiger partial charge on any atom is 0.135 e. The molecule has 0 N–H and O–H groups in total. The molecule has 0 radical (unpaired) electrons. The third-order valence-corrected chi connectivity index (χ3v) is 10.2. The molecule has 0 aromatic heterocycles. The average Bonchev–Trinajstić information content (AvgIpc) is 3.03. The van der Waals surface area contributed by atoms with Crippen LogP contribution in [0.2, 0.25) is 0 Å². The second-order valence-electron chi connectivity index (χ2n) is 10.1. The van der Waals surface area contributed by atoms with Crippen LogP contribution in [0.25, 0.3) is 0 Å². The van der Waals surface area contributed by atoms with Crippen molar-refractivity contribution in [2.75, 3.05) is 0 Å². The van der Waals surface area contributed by atoms with Gasteiger partial charge in [0.05, 0.1) is 0 Å². The fraction of sp³-hybridized carbons (Fsp3) is 0.0270. The van der Waals surface area contributed by atoms with Crippen LogP contribution < -0.4 is 30.1 Å². The second-order valence-corrected chi connectivity index (χ2v) is 12.2. The molecule has 0 unspecified atom stereocenters. The average molecular weight is 549 g/mol. The number of rotatable bonds is 4. The topological polar surface area (TPSA) is 27.7 Å². The molecule has 0 atom stereocenters. The standard InChI is InChI=1S/C37H25O3P/c1-4-16-28-25(13-1)37(26-14-2-5-17-29(26)38-28)27-15-3-6-18-30(27)39-31-19-7-10-22-34(31)41-35-23-11-8-20-32(35)40-33-21-9-12-24-36(33)41/h1-24,37H. The van der Waals surface area contributed by atoms with E-state index in [1.54, 1.807) is 0 Å². The minimum atomic E-state index is -0.894. The van der Waals surface area contributed by atoms with Crippen LogP contribution >= 0.6 is 7.92 Å². The maximum atomic E-state index is 6.94. The van der Waals surface area contributed by atoms with E-state index in [0.29, 0.717) is 0 Å². The highest BCUT2D eigenvalue weighted by atomic mass is 31.1. The van der Waals surface area contributed by atoms with Crippen LogP contribution in [0.4, 0.5) is 0 Å². The van der Waals surface area contributed by atoms with Crippen molar-refractivity contribution >= 4 is 23.8 Å². The quantitative estimate of drug-likeness (QED) is 0.206. The van der Waals surface area contributed by atoms with E-state index in [2.05, 4.69) is 97.1 Å². The Morgan fingerprint density at radius 2 is 0.805 bits per heavy atom. The summed E-state index contributed by atoms with van der Waals surface area (Å²) in [6.07, 6.45) is 0.